The first-order chi connectivity index (χ1) is 8.15. The van der Waals surface area contributed by atoms with Crippen LogP contribution in [0.3, 0.4) is 0 Å². The van der Waals surface area contributed by atoms with E-state index in [-0.39, 0.29) is 5.25 Å². The lowest BCUT2D eigenvalue weighted by Crippen LogP contribution is -2.24. The first-order valence-corrected chi connectivity index (χ1v) is 6.62. The van der Waals surface area contributed by atoms with Crippen molar-refractivity contribution in [1.82, 2.24) is 0 Å². The fourth-order valence-electron chi connectivity index (χ4n) is 2.17. The number of rotatable bonds is 2. The Balaban J connectivity index is 2.16. The second-order valence-corrected chi connectivity index (χ2v) is 6.62. The Morgan fingerprint density at radius 1 is 1.33 bits per heavy atom. The zero-order valence-electron chi connectivity index (χ0n) is 10.2. The molecule has 1 heterocycles. The van der Waals surface area contributed by atoms with Crippen LogP contribution in [0.1, 0.15) is 31.4 Å². The number of halogens is 3. The number of fused-ring (bicyclic) bond motifs is 1. The van der Waals surface area contributed by atoms with Crippen molar-refractivity contribution in [2.75, 3.05) is 0 Å². The van der Waals surface area contributed by atoms with Gasteiger partial charge in [0.1, 0.15) is 0 Å². The summed E-state index contributed by atoms with van der Waals surface area (Å²) in [7, 11) is 0. The van der Waals surface area contributed by atoms with Gasteiger partial charge in [0.05, 0.1) is 11.2 Å². The third-order valence-corrected chi connectivity index (χ3v) is 4.18. The molecule has 0 aliphatic carbocycles. The summed E-state index contributed by atoms with van der Waals surface area (Å²) < 4.78 is 37.7. The molecule has 0 amide bonds. The van der Waals surface area contributed by atoms with E-state index in [1.165, 1.54) is 12.1 Å². The van der Waals surface area contributed by atoms with Gasteiger partial charge in [-0.3, -0.25) is 0 Å². The Morgan fingerprint density at radius 2 is 2.00 bits per heavy atom. The quantitative estimate of drug-likeness (QED) is 0.884. The molecule has 1 aromatic carbocycles. The molecular weight excluding hydrogens is 261 g/mol. The first-order valence-electron chi connectivity index (χ1n) is 5.74. The van der Waals surface area contributed by atoms with Gasteiger partial charge in [-0.1, -0.05) is 0 Å². The summed E-state index contributed by atoms with van der Waals surface area (Å²) in [6.07, 6.45) is -3.12. The summed E-state index contributed by atoms with van der Waals surface area (Å²) in [5.74, 6) is 0. The van der Waals surface area contributed by atoms with Gasteiger partial charge in [0.2, 0.25) is 0 Å². The summed E-state index contributed by atoms with van der Waals surface area (Å²) in [6.45, 7) is 3.44. The van der Waals surface area contributed by atoms with Gasteiger partial charge in [0, 0.05) is 10.1 Å². The second-order valence-electron chi connectivity index (χ2n) is 5.28. The molecule has 0 aromatic heterocycles. The van der Waals surface area contributed by atoms with Crippen LogP contribution in [0.15, 0.2) is 23.1 Å². The van der Waals surface area contributed by atoms with Crippen molar-refractivity contribution < 1.29 is 18.3 Å². The van der Waals surface area contributed by atoms with Crippen molar-refractivity contribution in [2.45, 2.75) is 48.6 Å². The molecule has 18 heavy (non-hydrogen) atoms. The highest BCUT2D eigenvalue weighted by Crippen LogP contribution is 2.42. The van der Waals surface area contributed by atoms with Crippen LogP contribution < -0.4 is 0 Å². The predicted octanol–water partition coefficient (Wildman–Crippen LogP) is 3.88. The maximum atomic E-state index is 12.6. The highest BCUT2D eigenvalue weighted by molar-refractivity contribution is 8.00. The lowest BCUT2D eigenvalue weighted by atomic mass is 9.98. The van der Waals surface area contributed by atoms with E-state index in [1.54, 1.807) is 25.6 Å². The Kier molecular flexibility index (Phi) is 3.40. The predicted molar refractivity (Wildman–Crippen MR) is 65.7 cm³/mol. The monoisotopic (exact) mass is 276 g/mol. The van der Waals surface area contributed by atoms with Gasteiger partial charge < -0.3 is 5.11 Å². The second kappa shape index (κ2) is 4.46. The minimum Gasteiger partial charge on any atom is -0.390 e. The highest BCUT2D eigenvalue weighted by atomic mass is 32.2. The van der Waals surface area contributed by atoms with Gasteiger partial charge in [-0.25, -0.2) is 0 Å². The average molecular weight is 276 g/mol. The molecule has 1 atom stereocenters. The molecule has 1 unspecified atom stereocenters. The Morgan fingerprint density at radius 3 is 2.56 bits per heavy atom. The molecule has 1 aliphatic rings. The largest absolute Gasteiger partial charge is 0.416 e. The summed E-state index contributed by atoms with van der Waals surface area (Å²) in [4.78, 5) is 0.900. The number of alkyl halides is 3. The molecule has 0 saturated heterocycles. The number of aliphatic hydroxyl groups is 1. The van der Waals surface area contributed by atoms with E-state index in [4.69, 9.17) is 0 Å². The molecule has 0 saturated carbocycles. The van der Waals surface area contributed by atoms with Crippen molar-refractivity contribution in [3.8, 4) is 0 Å². The van der Waals surface area contributed by atoms with Crippen molar-refractivity contribution in [3.05, 3.63) is 29.3 Å². The normalized spacial score (nSPS) is 20.0. The zero-order chi connectivity index (χ0) is 13.6. The molecule has 1 aliphatic heterocycles. The number of benzene rings is 1. The molecule has 100 valence electrons. The molecule has 0 radical (unpaired) electrons. The van der Waals surface area contributed by atoms with E-state index in [9.17, 15) is 18.3 Å². The van der Waals surface area contributed by atoms with E-state index in [1.807, 2.05) is 0 Å². The number of thioether (sulfide) groups is 1. The third kappa shape index (κ3) is 3.20. The SMILES string of the molecule is CC(C)(O)CC1Cc2cc(C(F)(F)F)ccc2S1. The van der Waals surface area contributed by atoms with E-state index in [2.05, 4.69) is 0 Å². The van der Waals surface area contributed by atoms with Crippen LogP contribution in [0.4, 0.5) is 13.2 Å². The van der Waals surface area contributed by atoms with Crippen molar-refractivity contribution in [3.63, 3.8) is 0 Å². The number of hydrogen-bond donors (Lipinski definition) is 1. The van der Waals surface area contributed by atoms with E-state index in [0.717, 1.165) is 16.5 Å². The van der Waals surface area contributed by atoms with Crippen LogP contribution in [0.2, 0.25) is 0 Å². The molecule has 1 N–H and O–H groups in total. The molecule has 5 heteroatoms. The maximum absolute atomic E-state index is 12.6. The van der Waals surface area contributed by atoms with Gasteiger partial charge in [0.15, 0.2) is 0 Å². The van der Waals surface area contributed by atoms with Gasteiger partial charge in [-0.15, -0.1) is 11.8 Å². The van der Waals surface area contributed by atoms with Crippen LogP contribution >= 0.6 is 11.8 Å². The average Bonchev–Trinajstić information content (AvgIpc) is 2.53. The van der Waals surface area contributed by atoms with E-state index < -0.39 is 17.3 Å². The smallest absolute Gasteiger partial charge is 0.390 e. The molecular formula is C13H15F3OS. The van der Waals surface area contributed by atoms with E-state index >= 15 is 0 Å². The maximum Gasteiger partial charge on any atom is 0.416 e. The lowest BCUT2D eigenvalue weighted by molar-refractivity contribution is -0.137. The van der Waals surface area contributed by atoms with Gasteiger partial charge in [0.25, 0.3) is 0 Å². The van der Waals surface area contributed by atoms with Crippen molar-refractivity contribution >= 4 is 11.8 Å². The lowest BCUT2D eigenvalue weighted by Gasteiger charge is -2.20. The Hall–Kier alpha value is -0.680. The van der Waals surface area contributed by atoms with Crippen molar-refractivity contribution in [2.24, 2.45) is 0 Å². The number of hydrogen-bond acceptors (Lipinski definition) is 2. The van der Waals surface area contributed by atoms with Crippen LogP contribution in [0.5, 0.6) is 0 Å². The van der Waals surface area contributed by atoms with Crippen LogP contribution in [-0.2, 0) is 12.6 Å². The van der Waals surface area contributed by atoms with Crippen LogP contribution in [0, 0.1) is 0 Å². The molecule has 0 bridgehead atoms. The molecule has 2 rings (SSSR count). The summed E-state index contributed by atoms with van der Waals surface area (Å²) in [5.41, 5.74) is -0.637. The molecule has 0 fully saturated rings. The summed E-state index contributed by atoms with van der Waals surface area (Å²) in [5, 5.41) is 9.90. The Labute approximate surface area is 108 Å². The standard InChI is InChI=1S/C13H15F3OS/c1-12(2,17)7-10-6-8-5-9(13(14,15)16)3-4-11(8)18-10/h3-5,10,17H,6-7H2,1-2H3. The third-order valence-electron chi connectivity index (χ3n) is 2.86. The molecule has 1 aromatic rings. The minimum atomic E-state index is -4.28. The fraction of sp³-hybridized carbons (Fsp3) is 0.538. The minimum absolute atomic E-state index is 0.156. The van der Waals surface area contributed by atoms with E-state index in [0.29, 0.717) is 12.8 Å². The van der Waals surface area contributed by atoms with Gasteiger partial charge in [-0.2, -0.15) is 13.2 Å². The van der Waals surface area contributed by atoms with Gasteiger partial charge in [-0.05, 0) is 50.5 Å². The zero-order valence-corrected chi connectivity index (χ0v) is 11.0. The van der Waals surface area contributed by atoms with Gasteiger partial charge >= 0.3 is 6.18 Å². The Bertz CT molecular complexity index is 449. The van der Waals surface area contributed by atoms with Crippen molar-refractivity contribution in [1.29, 1.82) is 0 Å². The van der Waals surface area contributed by atoms with Crippen LogP contribution in [-0.4, -0.2) is 16.0 Å². The summed E-state index contributed by atoms with van der Waals surface area (Å²) >= 11 is 1.56. The molecule has 1 nitrogen and oxygen atoms in total. The summed E-state index contributed by atoms with van der Waals surface area (Å²) in [6, 6.07) is 3.89. The highest BCUT2D eigenvalue weighted by Gasteiger charge is 2.33. The first kappa shape index (κ1) is 13.7. The molecule has 0 spiro atoms. The fourth-order valence-corrected chi connectivity index (χ4v) is 3.72. The topological polar surface area (TPSA) is 20.2 Å². The van der Waals surface area contributed by atoms with Crippen LogP contribution in [0.25, 0.3) is 0 Å².